The number of hydrogen-bond donors (Lipinski definition) is 1. The molecule has 0 unspecified atom stereocenters. The van der Waals surface area contributed by atoms with Crippen molar-refractivity contribution in [1.29, 1.82) is 0 Å². The van der Waals surface area contributed by atoms with E-state index in [0.717, 1.165) is 55.8 Å². The summed E-state index contributed by atoms with van der Waals surface area (Å²) in [6.07, 6.45) is 8.52. The van der Waals surface area contributed by atoms with Crippen LogP contribution >= 0.6 is 0 Å². The summed E-state index contributed by atoms with van der Waals surface area (Å²) in [6.45, 7) is 1.58. The molecule has 0 aliphatic carbocycles. The van der Waals surface area contributed by atoms with Crippen molar-refractivity contribution < 1.29 is 4.79 Å². The van der Waals surface area contributed by atoms with Crippen molar-refractivity contribution in [3.05, 3.63) is 66.2 Å². The number of amides is 1. The van der Waals surface area contributed by atoms with Gasteiger partial charge in [-0.25, -0.2) is 0 Å². The molecule has 0 bridgehead atoms. The zero-order valence-corrected chi connectivity index (χ0v) is 16.4. The van der Waals surface area contributed by atoms with Gasteiger partial charge in [0, 0.05) is 48.7 Å². The van der Waals surface area contributed by atoms with Crippen molar-refractivity contribution in [1.82, 2.24) is 24.5 Å². The highest BCUT2D eigenvalue weighted by molar-refractivity contribution is 5.83. The van der Waals surface area contributed by atoms with E-state index < -0.39 is 0 Å². The number of nitrogens with zero attached hydrogens (tertiary/aromatic N) is 4. The van der Waals surface area contributed by atoms with E-state index in [9.17, 15) is 4.79 Å². The number of likely N-dealkylation sites (tertiary alicyclic amines) is 1. The third-order valence-corrected chi connectivity index (χ3v) is 5.99. The van der Waals surface area contributed by atoms with Gasteiger partial charge in [0.05, 0.1) is 0 Å². The lowest BCUT2D eigenvalue weighted by molar-refractivity contribution is -0.132. The lowest BCUT2D eigenvalue weighted by Crippen LogP contribution is -2.39. The Morgan fingerprint density at radius 3 is 3.00 bits per heavy atom. The van der Waals surface area contributed by atoms with Gasteiger partial charge in [0.2, 0.25) is 5.91 Å². The second kappa shape index (κ2) is 7.70. The number of aromatic nitrogens is 4. The number of nitrogens with one attached hydrogen (secondary N) is 1. The van der Waals surface area contributed by atoms with E-state index in [4.69, 9.17) is 0 Å². The van der Waals surface area contributed by atoms with Gasteiger partial charge in [0.1, 0.15) is 5.82 Å². The first-order chi connectivity index (χ1) is 14.3. The quantitative estimate of drug-likeness (QED) is 0.564. The molecule has 1 amide bonds. The van der Waals surface area contributed by atoms with Crippen LogP contribution in [-0.2, 0) is 11.2 Å². The minimum Gasteiger partial charge on any atom is -0.361 e. The number of rotatable bonds is 5. The maximum atomic E-state index is 12.8. The molecule has 0 saturated carbocycles. The molecule has 1 fully saturated rings. The first kappa shape index (κ1) is 17.9. The second-order valence-corrected chi connectivity index (χ2v) is 7.88. The summed E-state index contributed by atoms with van der Waals surface area (Å²) in [4.78, 5) is 18.2. The Hall–Kier alpha value is -3.15. The fourth-order valence-electron chi connectivity index (χ4n) is 4.48. The number of hydrogen-bond acceptors (Lipinski definition) is 3. The molecule has 1 aliphatic rings. The minimum atomic E-state index is 0.249. The number of carbonyl (C=O) groups is 1. The predicted octanol–water partition coefficient (Wildman–Crippen LogP) is 3.94. The summed E-state index contributed by atoms with van der Waals surface area (Å²) >= 11 is 0. The third-order valence-electron chi connectivity index (χ3n) is 5.99. The Kier molecular flexibility index (Phi) is 4.76. The van der Waals surface area contributed by atoms with E-state index in [0.29, 0.717) is 6.42 Å². The molecule has 1 aromatic carbocycles. The Morgan fingerprint density at radius 2 is 2.03 bits per heavy atom. The highest BCUT2D eigenvalue weighted by Gasteiger charge is 2.27. The van der Waals surface area contributed by atoms with Crippen LogP contribution in [0.1, 0.15) is 43.0 Å². The van der Waals surface area contributed by atoms with Crippen molar-refractivity contribution >= 4 is 22.5 Å². The van der Waals surface area contributed by atoms with Crippen LogP contribution in [0.4, 0.5) is 0 Å². The van der Waals surface area contributed by atoms with Crippen LogP contribution in [0.15, 0.2) is 54.9 Å². The summed E-state index contributed by atoms with van der Waals surface area (Å²) < 4.78 is 2.05. The first-order valence-electron chi connectivity index (χ1n) is 10.4. The molecule has 1 atom stereocenters. The number of benzene rings is 1. The largest absolute Gasteiger partial charge is 0.361 e. The summed E-state index contributed by atoms with van der Waals surface area (Å²) in [5.74, 6) is 1.47. The summed E-state index contributed by atoms with van der Waals surface area (Å²) in [7, 11) is 0. The number of para-hydroxylation sites is 1. The number of aromatic amines is 1. The smallest absolute Gasteiger partial charge is 0.222 e. The normalized spacial score (nSPS) is 17.2. The molecule has 3 aromatic heterocycles. The molecule has 1 aliphatic heterocycles. The van der Waals surface area contributed by atoms with Crippen molar-refractivity contribution in [2.24, 2.45) is 0 Å². The monoisotopic (exact) mass is 387 g/mol. The Bertz CT molecular complexity index is 1140. The summed E-state index contributed by atoms with van der Waals surface area (Å²) in [5, 5.41) is 9.94. The van der Waals surface area contributed by atoms with Gasteiger partial charge < -0.3 is 9.88 Å². The minimum absolute atomic E-state index is 0.249. The molecule has 29 heavy (non-hydrogen) atoms. The van der Waals surface area contributed by atoms with Crippen LogP contribution in [0.3, 0.4) is 0 Å². The zero-order valence-electron chi connectivity index (χ0n) is 16.4. The van der Waals surface area contributed by atoms with Crippen LogP contribution in [0.5, 0.6) is 0 Å². The van der Waals surface area contributed by atoms with Gasteiger partial charge in [-0.2, -0.15) is 0 Å². The van der Waals surface area contributed by atoms with Crippen LogP contribution < -0.4 is 0 Å². The van der Waals surface area contributed by atoms with E-state index in [1.54, 1.807) is 0 Å². The summed E-state index contributed by atoms with van der Waals surface area (Å²) in [5.41, 5.74) is 3.32. The van der Waals surface area contributed by atoms with E-state index in [-0.39, 0.29) is 11.8 Å². The van der Waals surface area contributed by atoms with Gasteiger partial charge in [0.15, 0.2) is 5.65 Å². The molecule has 148 valence electrons. The van der Waals surface area contributed by atoms with Gasteiger partial charge in [-0.05, 0) is 49.4 Å². The number of aryl methyl sites for hydroxylation is 1. The van der Waals surface area contributed by atoms with Crippen molar-refractivity contribution in [3.63, 3.8) is 0 Å². The number of piperidine rings is 1. The molecule has 5 rings (SSSR count). The average Bonchev–Trinajstić information content (AvgIpc) is 3.38. The Morgan fingerprint density at radius 1 is 1.14 bits per heavy atom. The molecular weight excluding hydrogens is 362 g/mol. The highest BCUT2D eigenvalue weighted by Crippen LogP contribution is 2.27. The molecule has 1 N–H and O–H groups in total. The molecule has 0 radical (unpaired) electrons. The van der Waals surface area contributed by atoms with E-state index in [2.05, 4.69) is 44.0 Å². The van der Waals surface area contributed by atoms with Crippen molar-refractivity contribution in [2.45, 2.75) is 38.0 Å². The fraction of sp³-hybridized carbons (Fsp3) is 0.348. The lowest BCUT2D eigenvalue weighted by atomic mass is 9.96. The van der Waals surface area contributed by atoms with Crippen LogP contribution in [-0.4, -0.2) is 43.5 Å². The van der Waals surface area contributed by atoms with Crippen molar-refractivity contribution in [2.75, 3.05) is 13.1 Å². The summed E-state index contributed by atoms with van der Waals surface area (Å²) in [6, 6.07) is 14.3. The zero-order chi connectivity index (χ0) is 19.6. The van der Waals surface area contributed by atoms with Crippen LogP contribution in [0, 0.1) is 0 Å². The van der Waals surface area contributed by atoms with Gasteiger partial charge in [-0.15, -0.1) is 10.2 Å². The molecule has 0 spiro atoms. The average molecular weight is 387 g/mol. The molecule has 6 heteroatoms. The lowest BCUT2D eigenvalue weighted by Gasteiger charge is -2.32. The van der Waals surface area contributed by atoms with E-state index in [1.165, 1.54) is 10.9 Å². The number of carbonyl (C=O) groups excluding carboxylic acids is 1. The van der Waals surface area contributed by atoms with Gasteiger partial charge in [0.25, 0.3) is 0 Å². The molecule has 4 heterocycles. The standard InChI is InChI=1S/C23H25N5O/c29-22(12-5-7-17-15-24-20-10-2-1-9-19(17)20)27-13-6-8-18(16-27)23-26-25-21-11-3-4-14-28(21)23/h1-4,9-11,14-15,18,24H,5-8,12-13,16H2/t18-/m0/s1. The third kappa shape index (κ3) is 3.50. The predicted molar refractivity (Wildman–Crippen MR) is 113 cm³/mol. The number of pyridine rings is 1. The molecule has 4 aromatic rings. The van der Waals surface area contributed by atoms with Crippen molar-refractivity contribution in [3.8, 4) is 0 Å². The maximum Gasteiger partial charge on any atom is 0.222 e. The van der Waals surface area contributed by atoms with Gasteiger partial charge in [-0.1, -0.05) is 24.3 Å². The van der Waals surface area contributed by atoms with E-state index in [1.807, 2.05) is 35.4 Å². The van der Waals surface area contributed by atoms with Crippen LogP contribution in [0.2, 0.25) is 0 Å². The second-order valence-electron chi connectivity index (χ2n) is 7.88. The molecule has 1 saturated heterocycles. The Labute approximate surface area is 169 Å². The Balaban J connectivity index is 1.21. The van der Waals surface area contributed by atoms with Gasteiger partial charge >= 0.3 is 0 Å². The number of H-pyrrole nitrogens is 1. The van der Waals surface area contributed by atoms with Crippen LogP contribution in [0.25, 0.3) is 16.6 Å². The SMILES string of the molecule is O=C(CCCc1c[nH]c2ccccc12)N1CCC[C@H](c2nnc3ccccn23)C1. The van der Waals surface area contributed by atoms with Gasteiger partial charge in [-0.3, -0.25) is 9.20 Å². The topological polar surface area (TPSA) is 66.3 Å². The fourth-order valence-corrected chi connectivity index (χ4v) is 4.48. The molecular formula is C23H25N5O. The highest BCUT2D eigenvalue weighted by atomic mass is 16.2. The molecule has 6 nitrogen and oxygen atoms in total. The first-order valence-corrected chi connectivity index (χ1v) is 10.4. The van der Waals surface area contributed by atoms with E-state index >= 15 is 0 Å². The number of fused-ring (bicyclic) bond motifs is 2. The maximum absolute atomic E-state index is 12.8.